The highest BCUT2D eigenvalue weighted by molar-refractivity contribution is 6.08. The summed E-state index contributed by atoms with van der Waals surface area (Å²) in [6, 6.07) is 18.4. The van der Waals surface area contributed by atoms with E-state index in [1.807, 2.05) is 66.8 Å². The molecule has 0 saturated carbocycles. The number of fused-ring (bicyclic) bond motifs is 8. The van der Waals surface area contributed by atoms with E-state index in [4.69, 9.17) is 15.1 Å². The summed E-state index contributed by atoms with van der Waals surface area (Å²) in [5.74, 6) is -6.25. The number of anilines is 1. The Labute approximate surface area is 325 Å². The summed E-state index contributed by atoms with van der Waals surface area (Å²) < 4.78 is 0. The summed E-state index contributed by atoms with van der Waals surface area (Å²) in [5.41, 5.74) is 8.23. The third kappa shape index (κ3) is 10.8. The molecule has 1 amide bonds. The number of carboxylic acids is 4. The lowest BCUT2D eigenvalue weighted by atomic mass is 10.1. The van der Waals surface area contributed by atoms with Crippen molar-refractivity contribution in [3.05, 3.63) is 89.5 Å². The van der Waals surface area contributed by atoms with Gasteiger partial charge in [0.15, 0.2) is 6.04 Å². The molecule has 4 aromatic rings. The van der Waals surface area contributed by atoms with Crippen molar-refractivity contribution < 1.29 is 44.4 Å². The number of likely N-dealkylation sites (N-methyl/N-ethyl adjacent to an activating group) is 1. The second kappa shape index (κ2) is 17.7. The lowest BCUT2D eigenvalue weighted by Gasteiger charge is -2.30. The SMILES string of the molecule is CN(CCN(CCN(CC(=O)O)C(C(=O)O)C(=O)Nc1ccc(-c2cc3cc4nc(cc5ccc(cc6nc(cc2[nH]3)C=C6)[nH]5)C=C4)cc1)CC(=O)O)CC(=O)O. The van der Waals surface area contributed by atoms with Gasteiger partial charge in [-0.2, -0.15) is 0 Å². The molecule has 294 valence electrons. The number of nitrogens with zero attached hydrogens (tertiary/aromatic N) is 5. The predicted octanol–water partition coefficient (Wildman–Crippen LogP) is 3.50. The van der Waals surface area contributed by atoms with Crippen molar-refractivity contribution in [1.82, 2.24) is 34.6 Å². The van der Waals surface area contributed by atoms with E-state index in [9.17, 15) is 39.3 Å². The summed E-state index contributed by atoms with van der Waals surface area (Å²) in [6.45, 7) is -1.72. The first kappa shape index (κ1) is 39.7. The summed E-state index contributed by atoms with van der Waals surface area (Å²) in [4.78, 5) is 80.4. The molecule has 57 heavy (non-hydrogen) atoms. The number of amides is 1. The first-order valence-corrected chi connectivity index (χ1v) is 17.8. The topological polar surface area (TPSA) is 245 Å². The van der Waals surface area contributed by atoms with Gasteiger partial charge in [0.2, 0.25) is 0 Å². The van der Waals surface area contributed by atoms with E-state index in [1.54, 1.807) is 31.3 Å². The Kier molecular flexibility index (Phi) is 12.3. The lowest BCUT2D eigenvalue weighted by Crippen LogP contribution is -2.53. The molecule has 6 rings (SSSR count). The van der Waals surface area contributed by atoms with Crippen LogP contribution in [0, 0.1) is 0 Å². The highest BCUT2D eigenvalue weighted by Crippen LogP contribution is 2.29. The molecule has 1 aromatic carbocycles. The standard InChI is InChI=1S/C40H40N8O9/c1-46(21-35(49)50)12-13-47(22-36(51)52)14-15-48(23-37(53)54)38(40(56)57)39(55)45-25-4-2-24(3-5-25)33-19-32-18-30-9-8-28(42-30)16-26-6-7-27(41-26)17-29-10-11-31(43-29)20-34(33)44-32/h2-11,16-20,38,41,44H,12-15,21-23H2,1H3,(H,45,55)(H,49,50)(H,51,52)(H,53,54)(H,56,57). The van der Waals surface area contributed by atoms with Crippen LogP contribution in [0.25, 0.3) is 57.5 Å². The van der Waals surface area contributed by atoms with E-state index in [0.29, 0.717) is 0 Å². The zero-order valence-electron chi connectivity index (χ0n) is 30.8. The minimum absolute atomic E-state index is 0.0924. The van der Waals surface area contributed by atoms with E-state index in [-0.39, 0.29) is 38.4 Å². The van der Waals surface area contributed by atoms with E-state index < -0.39 is 48.9 Å². The van der Waals surface area contributed by atoms with Gasteiger partial charge >= 0.3 is 23.9 Å². The van der Waals surface area contributed by atoms with E-state index in [0.717, 1.165) is 60.9 Å². The molecule has 0 spiro atoms. The second-order valence-electron chi connectivity index (χ2n) is 13.6. The fourth-order valence-corrected chi connectivity index (χ4v) is 6.46. The van der Waals surface area contributed by atoms with Gasteiger partial charge in [-0.1, -0.05) is 12.1 Å². The number of carboxylic acid groups (broad SMARTS) is 4. The van der Waals surface area contributed by atoms with Gasteiger partial charge < -0.3 is 35.7 Å². The average Bonchev–Trinajstić information content (AvgIpc) is 3.95. The fourth-order valence-electron chi connectivity index (χ4n) is 6.46. The van der Waals surface area contributed by atoms with Crippen LogP contribution in [0.4, 0.5) is 5.69 Å². The highest BCUT2D eigenvalue weighted by Gasteiger charge is 2.34. The van der Waals surface area contributed by atoms with Crippen LogP contribution in [0.3, 0.4) is 0 Å². The van der Waals surface area contributed by atoms with Crippen LogP contribution >= 0.6 is 0 Å². The van der Waals surface area contributed by atoms with Crippen LogP contribution in [0.15, 0.2) is 66.7 Å². The normalized spacial score (nSPS) is 12.6. The van der Waals surface area contributed by atoms with Crippen LogP contribution in [0.2, 0.25) is 0 Å². The quantitative estimate of drug-likeness (QED) is 0.0656. The summed E-state index contributed by atoms with van der Waals surface area (Å²) in [5, 5.41) is 40.7. The lowest BCUT2D eigenvalue weighted by molar-refractivity contribution is -0.150. The molecule has 0 radical (unpaired) electrons. The highest BCUT2D eigenvalue weighted by atomic mass is 16.4. The maximum absolute atomic E-state index is 13.5. The predicted molar refractivity (Wildman–Crippen MR) is 213 cm³/mol. The smallest absolute Gasteiger partial charge is 0.330 e. The average molecular weight is 777 g/mol. The number of aliphatic carboxylic acids is 4. The molecule has 17 heteroatoms. The Morgan fingerprint density at radius 2 is 1.18 bits per heavy atom. The number of hydrogen-bond donors (Lipinski definition) is 7. The molecule has 2 aliphatic heterocycles. The summed E-state index contributed by atoms with van der Waals surface area (Å²) in [6.07, 6.45) is 7.68. The molecule has 1 atom stereocenters. The van der Waals surface area contributed by atoms with Gasteiger partial charge in [-0.25, -0.2) is 14.8 Å². The first-order chi connectivity index (χ1) is 27.3. The summed E-state index contributed by atoms with van der Waals surface area (Å²) >= 11 is 0. The number of benzene rings is 1. The molecule has 0 saturated heterocycles. The second-order valence-corrected chi connectivity index (χ2v) is 13.6. The maximum atomic E-state index is 13.5. The molecular formula is C40H40N8O9. The van der Waals surface area contributed by atoms with Crippen molar-refractivity contribution in [1.29, 1.82) is 0 Å². The van der Waals surface area contributed by atoms with Gasteiger partial charge in [-0.3, -0.25) is 33.9 Å². The van der Waals surface area contributed by atoms with Crippen LogP contribution in [0.5, 0.6) is 0 Å². The molecule has 2 aliphatic rings. The molecular weight excluding hydrogens is 736 g/mol. The van der Waals surface area contributed by atoms with E-state index >= 15 is 0 Å². The van der Waals surface area contributed by atoms with E-state index in [1.165, 1.54) is 9.80 Å². The number of hydrogen-bond acceptors (Lipinski definition) is 10. The molecule has 3 aromatic heterocycles. The number of aromatic amines is 2. The fraction of sp³-hybridized carbons (Fsp3) is 0.225. The Balaban J connectivity index is 1.24. The molecule has 8 bridgehead atoms. The van der Waals surface area contributed by atoms with Crippen molar-refractivity contribution in [3.63, 3.8) is 0 Å². The zero-order valence-corrected chi connectivity index (χ0v) is 30.8. The van der Waals surface area contributed by atoms with E-state index in [2.05, 4.69) is 15.3 Å². The van der Waals surface area contributed by atoms with Gasteiger partial charge in [-0.15, -0.1) is 0 Å². The molecule has 5 heterocycles. The molecule has 0 aliphatic carbocycles. The Bertz CT molecular complexity index is 2420. The summed E-state index contributed by atoms with van der Waals surface area (Å²) in [7, 11) is 1.54. The van der Waals surface area contributed by atoms with Crippen LogP contribution < -0.4 is 5.32 Å². The molecule has 0 fully saturated rings. The maximum Gasteiger partial charge on any atom is 0.330 e. The van der Waals surface area contributed by atoms with Crippen LogP contribution in [-0.2, 0) is 24.0 Å². The number of rotatable bonds is 17. The molecule has 1 unspecified atom stereocenters. The largest absolute Gasteiger partial charge is 0.480 e. The molecule has 7 N–H and O–H groups in total. The van der Waals surface area contributed by atoms with Crippen molar-refractivity contribution in [3.8, 4) is 11.1 Å². The number of carbonyl (C=O) groups excluding carboxylic acids is 1. The number of H-pyrrole nitrogens is 2. The van der Waals surface area contributed by atoms with Crippen molar-refractivity contribution in [2.24, 2.45) is 0 Å². The number of nitrogens with one attached hydrogen (secondary N) is 3. The zero-order chi connectivity index (χ0) is 40.6. The van der Waals surface area contributed by atoms with Gasteiger partial charge in [0.05, 0.1) is 42.4 Å². The third-order valence-electron chi connectivity index (χ3n) is 9.08. The van der Waals surface area contributed by atoms with Crippen LogP contribution in [-0.4, -0.2) is 144 Å². The van der Waals surface area contributed by atoms with Gasteiger partial charge in [0.25, 0.3) is 5.91 Å². The van der Waals surface area contributed by atoms with Crippen molar-refractivity contribution in [2.45, 2.75) is 6.04 Å². The van der Waals surface area contributed by atoms with Crippen LogP contribution in [0.1, 0.15) is 22.8 Å². The third-order valence-corrected chi connectivity index (χ3v) is 9.08. The molecule has 17 nitrogen and oxygen atoms in total. The Morgan fingerprint density at radius 3 is 1.74 bits per heavy atom. The number of aromatic nitrogens is 4. The van der Waals surface area contributed by atoms with Crippen molar-refractivity contribution in [2.75, 3.05) is 58.2 Å². The monoisotopic (exact) mass is 776 g/mol. The van der Waals surface area contributed by atoms with Gasteiger partial charge in [-0.05, 0) is 91.5 Å². The minimum atomic E-state index is -1.93. The number of carbonyl (C=O) groups is 5. The Hall–Kier alpha value is -6.95. The Morgan fingerprint density at radius 1 is 0.632 bits per heavy atom. The van der Waals surface area contributed by atoms with Crippen molar-refractivity contribution >= 4 is 81.8 Å². The minimum Gasteiger partial charge on any atom is -0.480 e. The van der Waals surface area contributed by atoms with Gasteiger partial charge in [0, 0.05) is 59.5 Å². The van der Waals surface area contributed by atoms with Gasteiger partial charge in [0.1, 0.15) is 0 Å². The first-order valence-electron chi connectivity index (χ1n) is 17.8.